The molecule has 0 aliphatic rings. The highest BCUT2D eigenvalue weighted by Gasteiger charge is 2.08. The summed E-state index contributed by atoms with van der Waals surface area (Å²) < 4.78 is 0. The van der Waals surface area contributed by atoms with Crippen LogP contribution in [0.5, 0.6) is 0 Å². The Morgan fingerprint density at radius 3 is 3.00 bits per heavy atom. The van der Waals surface area contributed by atoms with E-state index in [-0.39, 0.29) is 0 Å². The molecule has 0 unspecified atom stereocenters. The summed E-state index contributed by atoms with van der Waals surface area (Å²) in [5, 5.41) is 11.4. The number of nitrogens with zero attached hydrogens (tertiary/aromatic N) is 3. The van der Waals surface area contributed by atoms with Crippen LogP contribution in [0.4, 0.5) is 5.82 Å². The van der Waals surface area contributed by atoms with Crippen LogP contribution < -0.4 is 5.32 Å². The lowest BCUT2D eigenvalue weighted by atomic mass is 10.2. The topological polar surface area (TPSA) is 66.5 Å². The van der Waals surface area contributed by atoms with Crippen LogP contribution in [0.1, 0.15) is 23.1 Å². The van der Waals surface area contributed by atoms with E-state index in [9.17, 15) is 0 Å². The molecular formula is C13H15N5S. The van der Waals surface area contributed by atoms with Crippen molar-refractivity contribution in [3.63, 3.8) is 0 Å². The van der Waals surface area contributed by atoms with Gasteiger partial charge < -0.3 is 5.32 Å². The largest absolute Gasteiger partial charge is 0.365 e. The lowest BCUT2D eigenvalue weighted by Gasteiger charge is -2.05. The van der Waals surface area contributed by atoms with Gasteiger partial charge in [-0.05, 0) is 19.4 Å². The van der Waals surface area contributed by atoms with Crippen molar-refractivity contribution in [2.75, 3.05) is 5.32 Å². The van der Waals surface area contributed by atoms with Crippen molar-refractivity contribution in [1.29, 1.82) is 0 Å². The normalized spacial score (nSPS) is 11.1. The molecule has 3 aromatic heterocycles. The zero-order chi connectivity index (χ0) is 13.2. The fraction of sp³-hybridized carbons (Fsp3) is 0.308. The van der Waals surface area contributed by atoms with Crippen LogP contribution in [0.15, 0.2) is 18.6 Å². The van der Waals surface area contributed by atoms with E-state index in [0.29, 0.717) is 6.54 Å². The third-order valence-electron chi connectivity index (χ3n) is 3.11. The van der Waals surface area contributed by atoms with E-state index in [4.69, 9.17) is 0 Å². The van der Waals surface area contributed by atoms with Crippen LogP contribution in [-0.2, 0) is 13.0 Å². The summed E-state index contributed by atoms with van der Waals surface area (Å²) in [6.45, 7) is 4.88. The number of hydrogen-bond acceptors (Lipinski definition) is 5. The summed E-state index contributed by atoms with van der Waals surface area (Å²) in [4.78, 5) is 11.0. The predicted molar refractivity (Wildman–Crippen MR) is 77.4 cm³/mol. The Kier molecular flexibility index (Phi) is 3.16. The molecule has 0 amide bonds. The van der Waals surface area contributed by atoms with Crippen LogP contribution in [0, 0.1) is 6.92 Å². The summed E-state index contributed by atoms with van der Waals surface area (Å²) in [6.07, 6.45) is 4.48. The molecule has 19 heavy (non-hydrogen) atoms. The van der Waals surface area contributed by atoms with Crippen molar-refractivity contribution < 1.29 is 0 Å². The molecule has 2 N–H and O–H groups in total. The van der Waals surface area contributed by atoms with Gasteiger partial charge in [-0.15, -0.1) is 11.3 Å². The average molecular weight is 273 g/mol. The highest BCUT2D eigenvalue weighted by Crippen LogP contribution is 2.28. The minimum absolute atomic E-state index is 0.714. The Labute approximate surface area is 115 Å². The van der Waals surface area contributed by atoms with Crippen molar-refractivity contribution in [1.82, 2.24) is 20.2 Å². The number of rotatable bonds is 4. The number of nitrogens with one attached hydrogen (secondary N) is 2. The average Bonchev–Trinajstić information content (AvgIpc) is 3.02. The van der Waals surface area contributed by atoms with E-state index in [1.165, 1.54) is 4.88 Å². The monoisotopic (exact) mass is 273 g/mol. The van der Waals surface area contributed by atoms with Gasteiger partial charge >= 0.3 is 0 Å². The Balaban J connectivity index is 1.88. The van der Waals surface area contributed by atoms with Crippen molar-refractivity contribution >= 4 is 27.4 Å². The third-order valence-corrected chi connectivity index (χ3v) is 4.30. The van der Waals surface area contributed by atoms with Crippen LogP contribution in [0.3, 0.4) is 0 Å². The van der Waals surface area contributed by atoms with E-state index in [1.54, 1.807) is 17.7 Å². The van der Waals surface area contributed by atoms with Gasteiger partial charge in [0.1, 0.15) is 17.0 Å². The second-order valence-electron chi connectivity index (χ2n) is 4.38. The molecule has 5 nitrogen and oxygen atoms in total. The minimum Gasteiger partial charge on any atom is -0.365 e. The molecule has 0 fully saturated rings. The Hall–Kier alpha value is -1.95. The molecule has 0 aromatic carbocycles. The van der Waals surface area contributed by atoms with E-state index < -0.39 is 0 Å². The fourth-order valence-corrected chi connectivity index (χ4v) is 2.89. The van der Waals surface area contributed by atoms with Gasteiger partial charge in [-0.3, -0.25) is 5.10 Å². The number of thiophene rings is 1. The van der Waals surface area contributed by atoms with Crippen LogP contribution in [0.2, 0.25) is 0 Å². The van der Waals surface area contributed by atoms with Crippen LogP contribution in [0.25, 0.3) is 10.2 Å². The number of H-pyrrole nitrogens is 1. The van der Waals surface area contributed by atoms with E-state index in [2.05, 4.69) is 38.5 Å². The summed E-state index contributed by atoms with van der Waals surface area (Å²) in [5.41, 5.74) is 2.23. The lowest BCUT2D eigenvalue weighted by Crippen LogP contribution is -2.02. The van der Waals surface area contributed by atoms with Gasteiger partial charge in [0.2, 0.25) is 0 Å². The van der Waals surface area contributed by atoms with Crippen molar-refractivity contribution in [3.8, 4) is 0 Å². The van der Waals surface area contributed by atoms with Gasteiger partial charge in [-0.1, -0.05) is 6.92 Å². The number of aromatic nitrogens is 4. The third kappa shape index (κ3) is 2.31. The summed E-state index contributed by atoms with van der Waals surface area (Å²) in [6, 6.07) is 2.17. The molecule has 0 saturated heterocycles. The molecule has 0 spiro atoms. The van der Waals surface area contributed by atoms with Gasteiger partial charge in [-0.25, -0.2) is 9.97 Å². The van der Waals surface area contributed by atoms with Gasteiger partial charge in [0.25, 0.3) is 0 Å². The van der Waals surface area contributed by atoms with Crippen LogP contribution >= 0.6 is 11.3 Å². The first-order valence-electron chi connectivity index (χ1n) is 6.24. The predicted octanol–water partition coefficient (Wildman–Crippen LogP) is 2.90. The molecule has 0 radical (unpaired) electrons. The van der Waals surface area contributed by atoms with Crippen molar-refractivity contribution in [2.45, 2.75) is 26.8 Å². The number of anilines is 1. The molecule has 3 aromatic rings. The number of aryl methyl sites for hydroxylation is 2. The molecule has 0 aliphatic carbocycles. The quantitative estimate of drug-likeness (QED) is 0.767. The van der Waals surface area contributed by atoms with Crippen molar-refractivity contribution in [3.05, 3.63) is 34.7 Å². The Morgan fingerprint density at radius 1 is 1.37 bits per heavy atom. The summed E-state index contributed by atoms with van der Waals surface area (Å²) in [5.74, 6) is 0.890. The van der Waals surface area contributed by atoms with Crippen LogP contribution in [-0.4, -0.2) is 20.2 Å². The molecular weight excluding hydrogens is 258 g/mol. The second kappa shape index (κ2) is 4.97. The minimum atomic E-state index is 0.714. The summed E-state index contributed by atoms with van der Waals surface area (Å²) in [7, 11) is 0. The Morgan fingerprint density at radius 2 is 2.26 bits per heavy atom. The zero-order valence-electron chi connectivity index (χ0n) is 10.9. The van der Waals surface area contributed by atoms with Gasteiger partial charge in [0.15, 0.2) is 0 Å². The van der Waals surface area contributed by atoms with Gasteiger partial charge in [0.05, 0.1) is 11.6 Å². The highest BCUT2D eigenvalue weighted by molar-refractivity contribution is 7.18. The van der Waals surface area contributed by atoms with E-state index in [1.807, 2.05) is 13.1 Å². The molecule has 0 atom stereocenters. The molecule has 6 heteroatoms. The van der Waals surface area contributed by atoms with Crippen molar-refractivity contribution in [2.24, 2.45) is 0 Å². The maximum absolute atomic E-state index is 4.34. The lowest BCUT2D eigenvalue weighted by molar-refractivity contribution is 1.04. The number of hydrogen-bond donors (Lipinski definition) is 2. The van der Waals surface area contributed by atoms with Gasteiger partial charge in [-0.2, -0.15) is 5.10 Å². The maximum Gasteiger partial charge on any atom is 0.138 e. The zero-order valence-corrected chi connectivity index (χ0v) is 11.7. The first-order chi connectivity index (χ1) is 9.28. The molecule has 3 heterocycles. The number of aromatic amines is 1. The molecule has 3 rings (SSSR count). The smallest absolute Gasteiger partial charge is 0.138 e. The number of fused-ring (bicyclic) bond motifs is 1. The van der Waals surface area contributed by atoms with Gasteiger partial charge in [0, 0.05) is 22.7 Å². The molecule has 0 bridgehead atoms. The second-order valence-corrected chi connectivity index (χ2v) is 5.50. The van der Waals surface area contributed by atoms with E-state index in [0.717, 1.165) is 33.7 Å². The Bertz CT molecular complexity index is 700. The van der Waals surface area contributed by atoms with E-state index >= 15 is 0 Å². The molecule has 0 saturated carbocycles. The molecule has 0 aliphatic heterocycles. The molecule has 98 valence electrons. The first-order valence-corrected chi connectivity index (χ1v) is 7.05. The highest BCUT2D eigenvalue weighted by atomic mass is 32.1. The maximum atomic E-state index is 4.34. The standard InChI is InChI=1S/C13H15N5S/c1-3-10-4-11-12(15-7-16-13(11)19-10)14-5-9-6-17-18-8(9)2/h4,6-7H,3,5H2,1-2H3,(H,17,18)(H,14,15,16). The summed E-state index contributed by atoms with van der Waals surface area (Å²) >= 11 is 1.73. The SMILES string of the molecule is CCc1cc2c(NCc3cn[nH]c3C)ncnc2s1. The first kappa shape index (κ1) is 12.1. The fourth-order valence-electron chi connectivity index (χ4n) is 1.95.